The number of pyridine rings is 2. The fourth-order valence-corrected chi connectivity index (χ4v) is 1.42. The van der Waals surface area contributed by atoms with Crippen molar-refractivity contribution in [3.05, 3.63) is 42.9 Å². The highest BCUT2D eigenvalue weighted by molar-refractivity contribution is 7.98. The van der Waals surface area contributed by atoms with Crippen LogP contribution in [-0.4, -0.2) is 16.2 Å². The number of thioether (sulfide) groups is 1. The van der Waals surface area contributed by atoms with Crippen molar-refractivity contribution < 1.29 is 4.74 Å². The molecule has 0 aromatic carbocycles. The largest absolute Gasteiger partial charge is 0.455 e. The van der Waals surface area contributed by atoms with Crippen LogP contribution >= 0.6 is 11.8 Å². The van der Waals surface area contributed by atoms with Gasteiger partial charge in [-0.05, 0) is 24.5 Å². The average Bonchev–Trinajstić information content (AvgIpc) is 2.31. The molecular weight excluding hydrogens is 208 g/mol. The number of ether oxygens (including phenoxy) is 1. The molecule has 15 heavy (non-hydrogen) atoms. The molecule has 2 heterocycles. The molecule has 2 aromatic heterocycles. The molecule has 0 spiro atoms. The van der Waals surface area contributed by atoms with Crippen LogP contribution in [0.3, 0.4) is 0 Å². The van der Waals surface area contributed by atoms with Crippen molar-refractivity contribution in [1.82, 2.24) is 9.97 Å². The second kappa shape index (κ2) is 4.79. The SMILES string of the molecule is CSc1[c]c(Oc2cccnc2)ccn1. The van der Waals surface area contributed by atoms with Gasteiger partial charge in [-0.1, -0.05) is 0 Å². The van der Waals surface area contributed by atoms with E-state index < -0.39 is 0 Å². The van der Waals surface area contributed by atoms with Crippen LogP contribution in [-0.2, 0) is 0 Å². The third kappa shape index (κ3) is 2.70. The first-order valence-corrected chi connectivity index (χ1v) is 5.61. The Bertz CT molecular complexity index is 434. The third-order valence-corrected chi connectivity index (χ3v) is 2.30. The van der Waals surface area contributed by atoms with E-state index in [2.05, 4.69) is 16.0 Å². The maximum absolute atomic E-state index is 5.55. The van der Waals surface area contributed by atoms with Gasteiger partial charge in [-0.25, -0.2) is 4.98 Å². The zero-order valence-electron chi connectivity index (χ0n) is 8.18. The lowest BCUT2D eigenvalue weighted by atomic mass is 10.4. The highest BCUT2D eigenvalue weighted by Crippen LogP contribution is 2.22. The molecule has 0 fully saturated rings. The Kier molecular flexibility index (Phi) is 3.19. The van der Waals surface area contributed by atoms with Gasteiger partial charge in [0.05, 0.1) is 12.3 Å². The average molecular weight is 217 g/mol. The number of hydrogen-bond donors (Lipinski definition) is 0. The monoisotopic (exact) mass is 217 g/mol. The molecular formula is C11H9N2OS. The molecule has 0 N–H and O–H groups in total. The minimum Gasteiger partial charge on any atom is -0.455 e. The van der Waals surface area contributed by atoms with E-state index in [1.807, 2.05) is 18.4 Å². The predicted octanol–water partition coefficient (Wildman–Crippen LogP) is 2.79. The van der Waals surface area contributed by atoms with Gasteiger partial charge in [-0.3, -0.25) is 4.98 Å². The second-order valence-electron chi connectivity index (χ2n) is 2.73. The van der Waals surface area contributed by atoms with E-state index >= 15 is 0 Å². The van der Waals surface area contributed by atoms with Gasteiger partial charge in [0.1, 0.15) is 16.5 Å². The summed E-state index contributed by atoms with van der Waals surface area (Å²) in [6.45, 7) is 0. The van der Waals surface area contributed by atoms with Gasteiger partial charge in [0.25, 0.3) is 0 Å². The molecule has 0 saturated heterocycles. The third-order valence-electron chi connectivity index (χ3n) is 1.70. The summed E-state index contributed by atoms with van der Waals surface area (Å²) < 4.78 is 5.55. The first-order valence-electron chi connectivity index (χ1n) is 4.38. The number of rotatable bonds is 3. The lowest BCUT2D eigenvalue weighted by molar-refractivity contribution is 0.476. The predicted molar refractivity (Wildman–Crippen MR) is 59.2 cm³/mol. The minimum atomic E-state index is 0.655. The summed E-state index contributed by atoms with van der Waals surface area (Å²) in [5.74, 6) is 1.36. The maximum atomic E-state index is 5.55. The fraction of sp³-hybridized carbons (Fsp3) is 0.0909. The summed E-state index contributed by atoms with van der Waals surface area (Å²) >= 11 is 1.53. The first kappa shape index (κ1) is 9.98. The van der Waals surface area contributed by atoms with E-state index in [1.165, 1.54) is 11.8 Å². The summed E-state index contributed by atoms with van der Waals surface area (Å²) in [4.78, 5) is 8.07. The van der Waals surface area contributed by atoms with Gasteiger partial charge < -0.3 is 4.74 Å². The molecule has 2 aromatic rings. The van der Waals surface area contributed by atoms with Crippen LogP contribution in [0.15, 0.2) is 41.8 Å². The van der Waals surface area contributed by atoms with Crippen LogP contribution in [0.5, 0.6) is 11.5 Å². The standard InChI is InChI=1S/C11H9N2OS/c1-15-11-7-9(4-6-13-11)14-10-3-2-5-12-8-10/h2-6,8H,1H3. The summed E-state index contributed by atoms with van der Waals surface area (Å²) in [5, 5.41) is 0.816. The van der Waals surface area contributed by atoms with Gasteiger partial charge in [0.2, 0.25) is 0 Å². The van der Waals surface area contributed by atoms with Crippen molar-refractivity contribution in [2.24, 2.45) is 0 Å². The summed E-state index contributed by atoms with van der Waals surface area (Å²) in [6.07, 6.45) is 7.02. The Morgan fingerprint density at radius 3 is 3.00 bits per heavy atom. The number of aromatic nitrogens is 2. The molecule has 1 radical (unpaired) electrons. The molecule has 2 rings (SSSR count). The highest BCUT2D eigenvalue weighted by atomic mass is 32.2. The topological polar surface area (TPSA) is 35.0 Å². The molecule has 0 unspecified atom stereocenters. The number of nitrogens with zero attached hydrogens (tertiary/aromatic N) is 2. The van der Waals surface area contributed by atoms with Crippen molar-refractivity contribution in [2.75, 3.05) is 6.26 Å². The number of hydrogen-bond acceptors (Lipinski definition) is 4. The Balaban J connectivity index is 2.17. The van der Waals surface area contributed by atoms with Crippen molar-refractivity contribution in [3.8, 4) is 11.5 Å². The van der Waals surface area contributed by atoms with E-state index in [1.54, 1.807) is 24.7 Å². The molecule has 3 nitrogen and oxygen atoms in total. The van der Waals surface area contributed by atoms with Gasteiger partial charge in [0, 0.05) is 12.4 Å². The Hall–Kier alpha value is -1.55. The van der Waals surface area contributed by atoms with E-state index in [9.17, 15) is 0 Å². The van der Waals surface area contributed by atoms with Crippen LogP contribution in [0.2, 0.25) is 0 Å². The van der Waals surface area contributed by atoms with Gasteiger partial charge in [-0.15, -0.1) is 11.8 Å². The van der Waals surface area contributed by atoms with Crippen molar-refractivity contribution in [3.63, 3.8) is 0 Å². The quantitative estimate of drug-likeness (QED) is 0.740. The molecule has 0 atom stereocenters. The molecule has 4 heteroatoms. The molecule has 0 bridgehead atoms. The highest BCUT2D eigenvalue weighted by Gasteiger charge is 1.99. The van der Waals surface area contributed by atoms with Crippen LogP contribution in [0.1, 0.15) is 0 Å². The van der Waals surface area contributed by atoms with Crippen LogP contribution in [0, 0.1) is 6.07 Å². The maximum Gasteiger partial charge on any atom is 0.145 e. The normalized spacial score (nSPS) is 9.93. The van der Waals surface area contributed by atoms with Crippen LogP contribution < -0.4 is 4.74 Å². The molecule has 0 aliphatic rings. The van der Waals surface area contributed by atoms with Gasteiger partial charge >= 0.3 is 0 Å². The molecule has 0 aliphatic heterocycles. The Morgan fingerprint density at radius 1 is 1.33 bits per heavy atom. The first-order chi connectivity index (χ1) is 7.38. The second-order valence-corrected chi connectivity index (χ2v) is 3.53. The molecule has 0 amide bonds. The van der Waals surface area contributed by atoms with Crippen molar-refractivity contribution in [2.45, 2.75) is 5.03 Å². The van der Waals surface area contributed by atoms with Crippen LogP contribution in [0.25, 0.3) is 0 Å². The summed E-state index contributed by atoms with van der Waals surface area (Å²) in [5.41, 5.74) is 0. The minimum absolute atomic E-state index is 0.655. The fourth-order valence-electron chi connectivity index (χ4n) is 1.05. The molecule has 0 aliphatic carbocycles. The lowest BCUT2D eigenvalue weighted by Crippen LogP contribution is -1.86. The smallest absolute Gasteiger partial charge is 0.145 e. The zero-order valence-corrected chi connectivity index (χ0v) is 8.99. The van der Waals surface area contributed by atoms with Crippen molar-refractivity contribution in [1.29, 1.82) is 0 Å². The molecule has 75 valence electrons. The van der Waals surface area contributed by atoms with E-state index in [0.29, 0.717) is 11.5 Å². The van der Waals surface area contributed by atoms with Gasteiger partial charge in [-0.2, -0.15) is 0 Å². The molecule has 0 saturated carbocycles. The summed E-state index contributed by atoms with van der Waals surface area (Å²) in [7, 11) is 0. The summed E-state index contributed by atoms with van der Waals surface area (Å²) in [6, 6.07) is 8.49. The van der Waals surface area contributed by atoms with Gasteiger partial charge in [0.15, 0.2) is 0 Å². The van der Waals surface area contributed by atoms with Crippen molar-refractivity contribution >= 4 is 11.8 Å². The van der Waals surface area contributed by atoms with E-state index in [4.69, 9.17) is 4.74 Å². The Labute approximate surface area is 92.5 Å². The van der Waals surface area contributed by atoms with E-state index in [0.717, 1.165) is 5.03 Å². The van der Waals surface area contributed by atoms with E-state index in [-0.39, 0.29) is 0 Å². The zero-order chi connectivity index (χ0) is 10.5. The van der Waals surface area contributed by atoms with Crippen LogP contribution in [0.4, 0.5) is 0 Å². The Morgan fingerprint density at radius 2 is 2.27 bits per heavy atom. The lowest BCUT2D eigenvalue weighted by Gasteiger charge is -2.04.